The number of halogens is 1. The van der Waals surface area contributed by atoms with Gasteiger partial charge in [0.2, 0.25) is 5.76 Å². The Morgan fingerprint density at radius 3 is 2.79 bits per heavy atom. The number of nitrogens with zero attached hydrogens (tertiary/aromatic N) is 2. The third-order valence-electron chi connectivity index (χ3n) is 6.75. The molecule has 0 saturated carbocycles. The molecule has 1 unspecified atom stereocenters. The normalized spacial score (nSPS) is 17.7. The number of ether oxygens (including phenoxy) is 2. The highest BCUT2D eigenvalue weighted by molar-refractivity contribution is 6.05. The van der Waals surface area contributed by atoms with Gasteiger partial charge in [-0.3, -0.25) is 9.59 Å². The number of nitrogens with one attached hydrogen (secondary N) is 2. The fourth-order valence-electron chi connectivity index (χ4n) is 4.68. The Balaban J connectivity index is 1.28. The number of anilines is 2. The van der Waals surface area contributed by atoms with Crippen LogP contribution >= 0.6 is 0 Å². The highest BCUT2D eigenvalue weighted by atomic mass is 19.1. The van der Waals surface area contributed by atoms with Crippen LogP contribution in [0.5, 0.6) is 0 Å². The summed E-state index contributed by atoms with van der Waals surface area (Å²) >= 11 is 0. The Morgan fingerprint density at radius 2 is 1.95 bits per heavy atom. The summed E-state index contributed by atoms with van der Waals surface area (Å²) < 4.78 is 30.7. The number of carbonyl (C=O) groups excluding carboxylic acids is 2. The first kappa shape index (κ1) is 25.9. The van der Waals surface area contributed by atoms with Crippen LogP contribution in [0, 0.1) is 12.7 Å². The van der Waals surface area contributed by atoms with E-state index < -0.39 is 11.7 Å². The lowest BCUT2D eigenvalue weighted by molar-refractivity contribution is 0.0827. The average molecular weight is 523 g/mol. The Hall–Kier alpha value is -3.76. The Labute approximate surface area is 220 Å². The van der Waals surface area contributed by atoms with Gasteiger partial charge in [0, 0.05) is 61.4 Å². The number of aryl methyl sites for hydroxylation is 1. The first-order chi connectivity index (χ1) is 18.5. The number of hydrogen-bond acceptors (Lipinski definition) is 7. The van der Waals surface area contributed by atoms with Gasteiger partial charge in [0.25, 0.3) is 11.8 Å². The van der Waals surface area contributed by atoms with Gasteiger partial charge >= 0.3 is 0 Å². The molecule has 1 atom stereocenters. The number of benzene rings is 2. The van der Waals surface area contributed by atoms with Crippen molar-refractivity contribution in [1.82, 2.24) is 10.5 Å². The summed E-state index contributed by atoms with van der Waals surface area (Å²) in [6, 6.07) is 11.3. The molecular formula is C28H31FN4O5. The molecule has 2 amide bonds. The molecule has 1 aromatic heterocycles. The Kier molecular flexibility index (Phi) is 8.00. The molecule has 0 radical (unpaired) electrons. The number of rotatable bonds is 7. The van der Waals surface area contributed by atoms with Crippen LogP contribution in [-0.2, 0) is 9.47 Å². The van der Waals surface area contributed by atoms with Gasteiger partial charge in [-0.05, 0) is 62.1 Å². The standard InChI is InChI=1S/C28H31FN4O5/c1-18-5-6-21(15-24(18)25-16-26(38-32-25)28(35)30-17-23-4-2-10-37-23)31-27(34)19-12-20(29)14-22(13-19)33-7-3-9-36-11-8-33/h5-6,12-16,23H,2-4,7-11,17H2,1H3,(H,30,35)(H,31,34). The maximum atomic E-state index is 14.4. The molecule has 5 rings (SSSR count). The molecule has 38 heavy (non-hydrogen) atoms. The summed E-state index contributed by atoms with van der Waals surface area (Å²) in [5.41, 5.74) is 3.44. The van der Waals surface area contributed by atoms with Crippen LogP contribution in [0.15, 0.2) is 47.0 Å². The van der Waals surface area contributed by atoms with E-state index in [2.05, 4.69) is 15.8 Å². The molecule has 2 aliphatic heterocycles. The summed E-state index contributed by atoms with van der Waals surface area (Å²) in [5, 5.41) is 9.73. The molecule has 2 N–H and O–H groups in total. The van der Waals surface area contributed by atoms with E-state index in [0.717, 1.165) is 31.4 Å². The topological polar surface area (TPSA) is 106 Å². The molecule has 9 nitrogen and oxygen atoms in total. The second-order valence-electron chi connectivity index (χ2n) is 9.56. The van der Waals surface area contributed by atoms with E-state index in [-0.39, 0.29) is 23.3 Å². The van der Waals surface area contributed by atoms with E-state index in [1.165, 1.54) is 12.1 Å². The second kappa shape index (κ2) is 11.7. The second-order valence-corrected chi connectivity index (χ2v) is 9.56. The highest BCUT2D eigenvalue weighted by Gasteiger charge is 2.20. The lowest BCUT2D eigenvalue weighted by atomic mass is 10.0. The molecule has 200 valence electrons. The van der Waals surface area contributed by atoms with Gasteiger partial charge in [-0.2, -0.15) is 0 Å². The minimum Gasteiger partial charge on any atom is -0.380 e. The molecule has 3 heterocycles. The van der Waals surface area contributed by atoms with Crippen molar-refractivity contribution >= 4 is 23.2 Å². The molecule has 2 aromatic carbocycles. The maximum Gasteiger partial charge on any atom is 0.290 e. The largest absolute Gasteiger partial charge is 0.380 e. The number of carbonyl (C=O) groups is 2. The first-order valence-corrected chi connectivity index (χ1v) is 12.9. The number of hydrogen-bond donors (Lipinski definition) is 2. The van der Waals surface area contributed by atoms with Crippen molar-refractivity contribution in [3.05, 3.63) is 65.2 Å². The van der Waals surface area contributed by atoms with Crippen molar-refractivity contribution in [2.75, 3.05) is 49.7 Å². The van der Waals surface area contributed by atoms with E-state index >= 15 is 0 Å². The monoisotopic (exact) mass is 522 g/mol. The SMILES string of the molecule is Cc1ccc(NC(=O)c2cc(F)cc(N3CCCOCC3)c2)cc1-c1cc(C(=O)NCC2CCCO2)on1. The lowest BCUT2D eigenvalue weighted by Gasteiger charge is -2.22. The van der Waals surface area contributed by atoms with Crippen molar-refractivity contribution < 1.29 is 28.0 Å². The lowest BCUT2D eigenvalue weighted by Crippen LogP contribution is -2.31. The van der Waals surface area contributed by atoms with Crippen LogP contribution in [0.1, 0.15) is 45.7 Å². The molecule has 0 bridgehead atoms. The molecule has 3 aromatic rings. The Bertz CT molecular complexity index is 1300. The van der Waals surface area contributed by atoms with Gasteiger partial charge in [0.05, 0.1) is 12.7 Å². The summed E-state index contributed by atoms with van der Waals surface area (Å²) in [7, 11) is 0. The van der Waals surface area contributed by atoms with Crippen molar-refractivity contribution in [1.29, 1.82) is 0 Å². The Morgan fingerprint density at radius 1 is 1.05 bits per heavy atom. The molecule has 2 saturated heterocycles. The zero-order valence-corrected chi connectivity index (χ0v) is 21.3. The van der Waals surface area contributed by atoms with Gasteiger partial charge in [0.15, 0.2) is 0 Å². The van der Waals surface area contributed by atoms with E-state index in [0.29, 0.717) is 55.5 Å². The summed E-state index contributed by atoms with van der Waals surface area (Å²) in [4.78, 5) is 27.6. The molecule has 2 aliphatic rings. The van der Waals surface area contributed by atoms with Gasteiger partial charge < -0.3 is 29.5 Å². The molecule has 10 heteroatoms. The minimum absolute atomic E-state index is 0.0245. The summed E-state index contributed by atoms with van der Waals surface area (Å²) in [6.07, 6.45) is 2.78. The van der Waals surface area contributed by atoms with Crippen LogP contribution in [0.2, 0.25) is 0 Å². The van der Waals surface area contributed by atoms with Crippen LogP contribution in [0.3, 0.4) is 0 Å². The van der Waals surface area contributed by atoms with Gasteiger partial charge in [-0.1, -0.05) is 11.2 Å². The molecule has 0 spiro atoms. The van der Waals surface area contributed by atoms with Gasteiger partial charge in [-0.15, -0.1) is 0 Å². The summed E-state index contributed by atoms with van der Waals surface area (Å²) in [5.74, 6) is -1.17. The van der Waals surface area contributed by atoms with Gasteiger partial charge in [0.1, 0.15) is 11.5 Å². The number of amides is 2. The predicted molar refractivity (Wildman–Crippen MR) is 140 cm³/mol. The van der Waals surface area contributed by atoms with E-state index in [9.17, 15) is 14.0 Å². The average Bonchev–Trinajstić information content (AvgIpc) is 3.55. The van der Waals surface area contributed by atoms with Crippen molar-refractivity contribution in [3.8, 4) is 11.3 Å². The van der Waals surface area contributed by atoms with E-state index in [1.54, 1.807) is 24.3 Å². The maximum absolute atomic E-state index is 14.4. The third kappa shape index (κ3) is 6.20. The highest BCUT2D eigenvalue weighted by Crippen LogP contribution is 2.27. The van der Waals surface area contributed by atoms with E-state index in [4.69, 9.17) is 14.0 Å². The minimum atomic E-state index is -0.477. The zero-order valence-electron chi connectivity index (χ0n) is 21.3. The van der Waals surface area contributed by atoms with Crippen molar-refractivity contribution in [2.45, 2.75) is 32.3 Å². The summed E-state index contributed by atoms with van der Waals surface area (Å²) in [6.45, 7) is 5.63. The smallest absolute Gasteiger partial charge is 0.290 e. The first-order valence-electron chi connectivity index (χ1n) is 12.9. The molecular weight excluding hydrogens is 491 g/mol. The van der Waals surface area contributed by atoms with Crippen molar-refractivity contribution in [2.24, 2.45) is 0 Å². The number of aromatic nitrogens is 1. The van der Waals surface area contributed by atoms with Crippen molar-refractivity contribution in [3.63, 3.8) is 0 Å². The zero-order chi connectivity index (χ0) is 26.5. The van der Waals surface area contributed by atoms with E-state index in [1.807, 2.05) is 17.9 Å². The quantitative estimate of drug-likeness (QED) is 0.480. The fraction of sp³-hybridized carbons (Fsp3) is 0.393. The van der Waals surface area contributed by atoms with Crippen LogP contribution in [0.25, 0.3) is 11.3 Å². The predicted octanol–water partition coefficient (Wildman–Crippen LogP) is 4.18. The third-order valence-corrected chi connectivity index (χ3v) is 6.75. The van der Waals surface area contributed by atoms with Crippen LogP contribution in [0.4, 0.5) is 15.8 Å². The molecule has 0 aliphatic carbocycles. The molecule has 2 fully saturated rings. The fourth-order valence-corrected chi connectivity index (χ4v) is 4.68. The van der Waals surface area contributed by atoms with Crippen LogP contribution in [-0.4, -0.2) is 62.5 Å². The van der Waals surface area contributed by atoms with Gasteiger partial charge in [-0.25, -0.2) is 4.39 Å². The van der Waals surface area contributed by atoms with Crippen LogP contribution < -0.4 is 15.5 Å².